The molecule has 0 fully saturated rings. The number of carbonyl (C=O) groups excluding carboxylic acids is 2. The van der Waals surface area contributed by atoms with E-state index in [-0.39, 0.29) is 12.5 Å². The lowest BCUT2D eigenvalue weighted by atomic mass is 10.1. The fraction of sp³-hybridized carbons (Fsp3) is 0.143. The lowest BCUT2D eigenvalue weighted by Gasteiger charge is -2.27. The first-order valence-corrected chi connectivity index (χ1v) is 11.4. The van der Waals surface area contributed by atoms with Crippen LogP contribution in [0.15, 0.2) is 95.1 Å². The van der Waals surface area contributed by atoms with Gasteiger partial charge in [-0.3, -0.25) is 10.2 Å². The van der Waals surface area contributed by atoms with Crippen LogP contribution in [0.5, 0.6) is 0 Å². The zero-order valence-corrected chi connectivity index (χ0v) is 19.6. The van der Waals surface area contributed by atoms with Crippen LogP contribution in [0.4, 0.5) is 10.5 Å². The van der Waals surface area contributed by atoms with Crippen molar-refractivity contribution in [2.45, 2.75) is 25.9 Å². The third kappa shape index (κ3) is 6.58. The number of terminal acetylenes is 1. The molecule has 0 saturated heterocycles. The zero-order chi connectivity index (χ0) is 25.2. The highest BCUT2D eigenvalue weighted by atomic mass is 16.6. The molecule has 2 amide bonds. The summed E-state index contributed by atoms with van der Waals surface area (Å²) in [5.74, 6) is 3.23. The van der Waals surface area contributed by atoms with Crippen LogP contribution in [0.1, 0.15) is 29.5 Å². The monoisotopic (exact) mass is 479 g/mol. The molecule has 2 N–H and O–H groups in total. The summed E-state index contributed by atoms with van der Waals surface area (Å²) < 4.78 is 5.51. The van der Waals surface area contributed by atoms with Gasteiger partial charge in [-0.15, -0.1) is 22.5 Å². The van der Waals surface area contributed by atoms with Crippen molar-refractivity contribution >= 4 is 29.4 Å². The Labute approximate surface area is 209 Å². The highest BCUT2D eigenvalue weighted by Crippen LogP contribution is 2.14. The molecule has 1 aliphatic heterocycles. The van der Waals surface area contributed by atoms with Crippen molar-refractivity contribution in [1.82, 2.24) is 10.4 Å². The predicted molar refractivity (Wildman–Crippen MR) is 139 cm³/mol. The minimum Gasteiger partial charge on any atom is -0.443 e. The van der Waals surface area contributed by atoms with Crippen LogP contribution in [-0.4, -0.2) is 28.7 Å². The maximum absolute atomic E-state index is 12.9. The normalized spacial score (nSPS) is 12.5. The summed E-state index contributed by atoms with van der Waals surface area (Å²) in [7, 11) is 0. The molecule has 1 aliphatic rings. The molecule has 0 saturated carbocycles. The molecule has 3 aromatic carbocycles. The van der Waals surface area contributed by atoms with Crippen LogP contribution in [0.3, 0.4) is 0 Å². The molecule has 0 aliphatic carbocycles. The number of hydrogen-bond donors (Lipinski definition) is 2. The SMILES string of the molecule is C#CCCC1=NN=C(c2ccccc2)NN1C(=O)OCc1ccc(NC(=O)Cc2ccccc2)cc1. The highest BCUT2D eigenvalue weighted by Gasteiger charge is 2.26. The van der Waals surface area contributed by atoms with Gasteiger partial charge < -0.3 is 10.1 Å². The van der Waals surface area contributed by atoms with Crippen molar-refractivity contribution in [3.05, 3.63) is 102 Å². The molecular formula is C28H25N5O3. The van der Waals surface area contributed by atoms with Gasteiger partial charge in [0.2, 0.25) is 5.91 Å². The molecule has 0 spiro atoms. The van der Waals surface area contributed by atoms with Crippen molar-refractivity contribution in [2.24, 2.45) is 10.2 Å². The average Bonchev–Trinajstić information content (AvgIpc) is 2.92. The van der Waals surface area contributed by atoms with Crippen molar-refractivity contribution in [2.75, 3.05) is 5.32 Å². The molecule has 0 radical (unpaired) electrons. The van der Waals surface area contributed by atoms with E-state index in [1.165, 1.54) is 5.01 Å². The molecule has 36 heavy (non-hydrogen) atoms. The fourth-order valence-corrected chi connectivity index (χ4v) is 3.44. The summed E-state index contributed by atoms with van der Waals surface area (Å²) >= 11 is 0. The summed E-state index contributed by atoms with van der Waals surface area (Å²) in [6.07, 6.45) is 5.80. The molecule has 180 valence electrons. The standard InChI is InChI=1S/C28H25N5O3/c1-2-3-14-25-30-31-27(23-12-8-5-9-13-23)32-33(25)28(35)36-20-22-15-17-24(18-16-22)29-26(34)19-21-10-6-4-7-11-21/h1,4-13,15-18H,3,14,19-20H2,(H,29,34)(H,31,32). The number of anilines is 1. The first kappa shape index (κ1) is 24.2. The van der Waals surface area contributed by atoms with Gasteiger partial charge in [0.15, 0.2) is 11.7 Å². The van der Waals surface area contributed by atoms with E-state index in [0.29, 0.717) is 36.6 Å². The van der Waals surface area contributed by atoms with Crippen molar-refractivity contribution in [3.8, 4) is 12.3 Å². The van der Waals surface area contributed by atoms with Gasteiger partial charge in [0.05, 0.1) is 6.42 Å². The second-order valence-corrected chi connectivity index (χ2v) is 7.94. The third-order valence-electron chi connectivity index (χ3n) is 5.27. The van der Waals surface area contributed by atoms with Crippen LogP contribution in [0.2, 0.25) is 0 Å². The first-order valence-electron chi connectivity index (χ1n) is 11.4. The Kier molecular flexibility index (Phi) is 8.07. The summed E-state index contributed by atoms with van der Waals surface area (Å²) in [5.41, 5.74) is 6.12. The molecule has 1 heterocycles. The van der Waals surface area contributed by atoms with E-state index in [1.807, 2.05) is 60.7 Å². The van der Waals surface area contributed by atoms with Gasteiger partial charge >= 0.3 is 6.09 Å². The van der Waals surface area contributed by atoms with Crippen molar-refractivity contribution in [1.29, 1.82) is 0 Å². The van der Waals surface area contributed by atoms with Gasteiger partial charge in [0.25, 0.3) is 0 Å². The molecule has 4 rings (SSSR count). The number of ether oxygens (including phenoxy) is 1. The summed E-state index contributed by atoms with van der Waals surface area (Å²) in [5, 5.41) is 12.5. The molecule has 3 aromatic rings. The van der Waals surface area contributed by atoms with E-state index in [4.69, 9.17) is 11.2 Å². The number of amidine groups is 2. The number of rotatable bonds is 8. The number of hydrazine groups is 1. The van der Waals surface area contributed by atoms with Crippen molar-refractivity contribution < 1.29 is 14.3 Å². The van der Waals surface area contributed by atoms with Crippen LogP contribution in [0, 0.1) is 12.3 Å². The van der Waals surface area contributed by atoms with E-state index >= 15 is 0 Å². The van der Waals surface area contributed by atoms with Gasteiger partial charge in [-0.2, -0.15) is 5.01 Å². The number of nitrogens with zero attached hydrogens (tertiary/aromatic N) is 3. The van der Waals surface area contributed by atoms with E-state index in [9.17, 15) is 9.59 Å². The number of nitrogens with one attached hydrogen (secondary N) is 2. The second-order valence-electron chi connectivity index (χ2n) is 7.94. The lowest BCUT2D eigenvalue weighted by Crippen LogP contribution is -2.52. The Morgan fingerprint density at radius 3 is 2.31 bits per heavy atom. The molecule has 8 nitrogen and oxygen atoms in total. The Balaban J connectivity index is 1.34. The quantitative estimate of drug-likeness (QED) is 0.465. The maximum atomic E-state index is 12.9. The van der Waals surface area contributed by atoms with Gasteiger partial charge in [-0.05, 0) is 23.3 Å². The van der Waals surface area contributed by atoms with E-state index in [2.05, 4.69) is 26.9 Å². The van der Waals surface area contributed by atoms with Crippen LogP contribution >= 0.6 is 0 Å². The van der Waals surface area contributed by atoms with Crippen molar-refractivity contribution in [3.63, 3.8) is 0 Å². The van der Waals surface area contributed by atoms with Crippen LogP contribution < -0.4 is 10.7 Å². The topological polar surface area (TPSA) is 95.4 Å². The first-order chi connectivity index (χ1) is 17.6. The predicted octanol–water partition coefficient (Wildman–Crippen LogP) is 4.50. The zero-order valence-electron chi connectivity index (χ0n) is 19.6. The van der Waals surface area contributed by atoms with Gasteiger partial charge in [-0.1, -0.05) is 72.8 Å². The lowest BCUT2D eigenvalue weighted by molar-refractivity contribution is -0.115. The largest absolute Gasteiger partial charge is 0.443 e. The summed E-state index contributed by atoms with van der Waals surface area (Å²) in [6, 6.07) is 26.0. The second kappa shape index (κ2) is 12.0. The van der Waals surface area contributed by atoms with Gasteiger partial charge in [0, 0.05) is 24.1 Å². The minimum absolute atomic E-state index is 0.0372. The number of amides is 2. The highest BCUT2D eigenvalue weighted by molar-refractivity contribution is 6.06. The Morgan fingerprint density at radius 2 is 1.61 bits per heavy atom. The Hall–Kier alpha value is -4.90. The van der Waals surface area contributed by atoms with E-state index < -0.39 is 6.09 Å². The van der Waals surface area contributed by atoms with Gasteiger partial charge in [-0.25, -0.2) is 4.79 Å². The van der Waals surface area contributed by atoms with Gasteiger partial charge in [0.1, 0.15) is 6.61 Å². The molecule has 8 heteroatoms. The average molecular weight is 480 g/mol. The molecular weight excluding hydrogens is 454 g/mol. The molecule has 0 aromatic heterocycles. The Bertz CT molecular complexity index is 1300. The maximum Gasteiger partial charge on any atom is 0.435 e. The fourth-order valence-electron chi connectivity index (χ4n) is 3.44. The summed E-state index contributed by atoms with van der Waals surface area (Å²) in [6.45, 7) is 0.0372. The minimum atomic E-state index is -0.630. The number of benzene rings is 3. The van der Waals surface area contributed by atoms with E-state index in [0.717, 1.165) is 16.7 Å². The molecule has 0 bridgehead atoms. The number of hydrogen-bond acceptors (Lipinski definition) is 6. The molecule has 0 atom stereocenters. The smallest absolute Gasteiger partial charge is 0.435 e. The van der Waals surface area contributed by atoms with Crippen LogP contribution in [0.25, 0.3) is 0 Å². The molecule has 0 unspecified atom stereocenters. The van der Waals surface area contributed by atoms with Crippen LogP contribution in [-0.2, 0) is 22.6 Å². The third-order valence-corrected chi connectivity index (χ3v) is 5.27. The Morgan fingerprint density at radius 1 is 0.917 bits per heavy atom. The van der Waals surface area contributed by atoms with E-state index in [1.54, 1.807) is 24.3 Å². The summed E-state index contributed by atoms with van der Waals surface area (Å²) in [4.78, 5) is 25.2. The number of carbonyl (C=O) groups is 2.